The monoisotopic (exact) mass is 492 g/mol. The summed E-state index contributed by atoms with van der Waals surface area (Å²) in [6, 6.07) is 21.6. The number of anilines is 1. The Bertz CT molecular complexity index is 1450. The fourth-order valence-corrected chi connectivity index (χ4v) is 4.71. The van der Waals surface area contributed by atoms with Gasteiger partial charge < -0.3 is 14.6 Å². The number of imidazole rings is 1. The third-order valence-corrected chi connectivity index (χ3v) is 7.41. The number of amides is 1. The molecule has 9 heteroatoms. The van der Waals surface area contributed by atoms with Gasteiger partial charge in [0.05, 0.1) is 21.6 Å². The van der Waals surface area contributed by atoms with E-state index in [1.807, 2.05) is 54.0 Å². The van der Waals surface area contributed by atoms with E-state index in [9.17, 15) is 13.2 Å². The van der Waals surface area contributed by atoms with Crippen molar-refractivity contribution in [1.29, 1.82) is 0 Å². The Morgan fingerprint density at radius 2 is 1.74 bits per heavy atom. The topological polar surface area (TPSA) is 93.5 Å². The van der Waals surface area contributed by atoms with E-state index in [0.717, 1.165) is 11.3 Å². The third-order valence-electron chi connectivity index (χ3n) is 5.60. The van der Waals surface area contributed by atoms with Gasteiger partial charge >= 0.3 is 0 Å². The first-order valence-electron chi connectivity index (χ1n) is 11.3. The largest absolute Gasteiger partial charge is 0.455 e. The zero-order valence-electron chi connectivity index (χ0n) is 19.9. The molecule has 182 valence electrons. The van der Waals surface area contributed by atoms with Gasteiger partial charge in [-0.3, -0.25) is 4.79 Å². The number of aryl methyl sites for hydroxylation is 2. The number of carbonyl (C=O) groups excluding carboxylic acids is 1. The molecule has 1 amide bonds. The van der Waals surface area contributed by atoms with Crippen molar-refractivity contribution in [3.05, 3.63) is 78.6 Å². The molecule has 1 N–H and O–H groups in total. The normalized spacial score (nSPS) is 11.7. The van der Waals surface area contributed by atoms with Crippen molar-refractivity contribution >= 4 is 32.7 Å². The average molecular weight is 493 g/mol. The molecule has 0 fully saturated rings. The van der Waals surface area contributed by atoms with Crippen molar-refractivity contribution < 1.29 is 17.9 Å². The Labute approximate surface area is 205 Å². The van der Waals surface area contributed by atoms with Gasteiger partial charge in [0.1, 0.15) is 11.6 Å². The first kappa shape index (κ1) is 24.4. The van der Waals surface area contributed by atoms with Crippen LogP contribution in [0.1, 0.15) is 19.2 Å². The Balaban J connectivity index is 1.49. The van der Waals surface area contributed by atoms with Gasteiger partial charge in [-0.2, -0.15) is 0 Å². The number of sulfonamides is 1. The van der Waals surface area contributed by atoms with Gasteiger partial charge in [-0.05, 0) is 49.4 Å². The van der Waals surface area contributed by atoms with Crippen LogP contribution in [0.5, 0.6) is 11.5 Å². The molecular weight excluding hydrogens is 464 g/mol. The Morgan fingerprint density at radius 3 is 2.46 bits per heavy atom. The van der Waals surface area contributed by atoms with Gasteiger partial charge in [0.2, 0.25) is 15.9 Å². The van der Waals surface area contributed by atoms with Gasteiger partial charge in [-0.25, -0.2) is 17.7 Å². The molecule has 35 heavy (non-hydrogen) atoms. The van der Waals surface area contributed by atoms with Gasteiger partial charge in [0.15, 0.2) is 5.75 Å². The van der Waals surface area contributed by atoms with Crippen LogP contribution in [0.4, 0.5) is 5.69 Å². The number of aromatic nitrogens is 2. The molecule has 8 nitrogen and oxygen atoms in total. The van der Waals surface area contributed by atoms with Crippen LogP contribution in [0.3, 0.4) is 0 Å². The number of fused-ring (bicyclic) bond motifs is 1. The number of carbonyl (C=O) groups is 1. The first-order valence-corrected chi connectivity index (χ1v) is 12.8. The summed E-state index contributed by atoms with van der Waals surface area (Å²) in [6.45, 7) is 2.65. The van der Waals surface area contributed by atoms with Crippen LogP contribution in [-0.4, -0.2) is 42.3 Å². The summed E-state index contributed by atoms with van der Waals surface area (Å²) in [7, 11) is -0.563. The fourth-order valence-electron chi connectivity index (χ4n) is 3.79. The lowest BCUT2D eigenvalue weighted by Gasteiger charge is -2.12. The van der Waals surface area contributed by atoms with Crippen LogP contribution in [0.15, 0.2) is 77.7 Å². The Kier molecular flexibility index (Phi) is 7.18. The molecular formula is C26H28N4O4S. The maximum absolute atomic E-state index is 12.8. The second kappa shape index (κ2) is 10.3. The SMILES string of the molecule is CCn1c(CCC(=O)Nc2ccccc2Oc2ccccc2)nc2cc(S(=O)(=O)N(C)C)ccc21. The molecule has 0 aliphatic rings. The Hall–Kier alpha value is -3.69. The highest BCUT2D eigenvalue weighted by molar-refractivity contribution is 7.89. The zero-order valence-corrected chi connectivity index (χ0v) is 20.7. The second-order valence-electron chi connectivity index (χ2n) is 8.17. The summed E-state index contributed by atoms with van der Waals surface area (Å²) in [4.78, 5) is 17.6. The van der Waals surface area contributed by atoms with Gasteiger partial charge in [-0.1, -0.05) is 30.3 Å². The number of hydrogen-bond acceptors (Lipinski definition) is 5. The van der Waals surface area contributed by atoms with Crippen molar-refractivity contribution in [2.24, 2.45) is 0 Å². The standard InChI is InChI=1S/C26H28N4O4S/c1-4-30-23-15-14-20(35(32,33)29(2)3)18-22(23)27-25(30)16-17-26(31)28-21-12-8-9-13-24(21)34-19-10-6-5-7-11-19/h5-15,18H,4,16-17H2,1-3H3,(H,28,31). The van der Waals surface area contributed by atoms with Crippen LogP contribution < -0.4 is 10.1 Å². The van der Waals surface area contributed by atoms with Crippen LogP contribution >= 0.6 is 0 Å². The van der Waals surface area contributed by atoms with Crippen LogP contribution in [0.25, 0.3) is 11.0 Å². The summed E-state index contributed by atoms with van der Waals surface area (Å²) in [6.07, 6.45) is 0.623. The lowest BCUT2D eigenvalue weighted by atomic mass is 10.2. The summed E-state index contributed by atoms with van der Waals surface area (Å²) in [5, 5.41) is 2.93. The van der Waals surface area contributed by atoms with E-state index in [1.54, 1.807) is 30.3 Å². The predicted octanol–water partition coefficient (Wildman–Crippen LogP) is 4.67. The highest BCUT2D eigenvalue weighted by atomic mass is 32.2. The van der Waals surface area contributed by atoms with Gasteiger partial charge in [0, 0.05) is 33.5 Å². The highest BCUT2D eigenvalue weighted by Gasteiger charge is 2.20. The predicted molar refractivity (Wildman–Crippen MR) is 136 cm³/mol. The van der Waals surface area contributed by atoms with Gasteiger partial charge in [0.25, 0.3) is 0 Å². The number of rotatable bonds is 9. The smallest absolute Gasteiger partial charge is 0.242 e. The number of nitrogens with zero attached hydrogens (tertiary/aromatic N) is 3. The molecule has 1 aromatic heterocycles. The summed E-state index contributed by atoms with van der Waals surface area (Å²) in [5.41, 5.74) is 2.01. The molecule has 0 saturated heterocycles. The number of ether oxygens (including phenoxy) is 1. The van der Waals surface area contributed by atoms with Gasteiger partial charge in [-0.15, -0.1) is 0 Å². The fraction of sp³-hybridized carbons (Fsp3) is 0.231. The molecule has 0 bridgehead atoms. The summed E-state index contributed by atoms with van der Waals surface area (Å²) < 4.78 is 34.1. The number of nitrogens with one attached hydrogen (secondary N) is 1. The van der Waals surface area contributed by atoms with Crippen LogP contribution in [0.2, 0.25) is 0 Å². The molecule has 0 aliphatic heterocycles. The van der Waals surface area contributed by atoms with E-state index in [4.69, 9.17) is 4.74 Å². The number of hydrogen-bond donors (Lipinski definition) is 1. The molecule has 0 atom stereocenters. The van der Waals surface area contributed by atoms with Crippen molar-refractivity contribution in [2.45, 2.75) is 31.2 Å². The van der Waals surface area contributed by atoms with Crippen molar-refractivity contribution in [3.63, 3.8) is 0 Å². The molecule has 0 aliphatic carbocycles. The van der Waals surface area contributed by atoms with E-state index >= 15 is 0 Å². The van der Waals surface area contributed by atoms with E-state index < -0.39 is 10.0 Å². The lowest BCUT2D eigenvalue weighted by Crippen LogP contribution is -2.22. The molecule has 4 rings (SSSR count). The Morgan fingerprint density at radius 1 is 1.03 bits per heavy atom. The average Bonchev–Trinajstić information content (AvgIpc) is 3.21. The minimum absolute atomic E-state index is 0.167. The second-order valence-corrected chi connectivity index (χ2v) is 10.3. The van der Waals surface area contributed by atoms with Crippen molar-refractivity contribution in [1.82, 2.24) is 13.9 Å². The number of benzene rings is 3. The third kappa shape index (κ3) is 5.36. The van der Waals surface area contributed by atoms with Crippen molar-refractivity contribution in [3.8, 4) is 11.5 Å². The molecule has 0 spiro atoms. The zero-order chi connectivity index (χ0) is 25.0. The molecule has 0 radical (unpaired) electrons. The molecule has 0 unspecified atom stereocenters. The molecule has 3 aromatic carbocycles. The summed E-state index contributed by atoms with van der Waals surface area (Å²) in [5.74, 6) is 1.80. The molecule has 1 heterocycles. The van der Waals surface area contributed by atoms with Crippen molar-refractivity contribution in [2.75, 3.05) is 19.4 Å². The van der Waals surface area contributed by atoms with E-state index in [2.05, 4.69) is 10.3 Å². The highest BCUT2D eigenvalue weighted by Crippen LogP contribution is 2.29. The number of para-hydroxylation sites is 3. The van der Waals surface area contributed by atoms with Crippen LogP contribution in [0, 0.1) is 0 Å². The molecule has 0 saturated carbocycles. The van der Waals surface area contributed by atoms with E-state index in [1.165, 1.54) is 18.4 Å². The minimum Gasteiger partial charge on any atom is -0.455 e. The minimum atomic E-state index is -3.56. The first-order chi connectivity index (χ1) is 16.8. The van der Waals surface area contributed by atoms with Crippen LogP contribution in [-0.2, 0) is 27.8 Å². The molecule has 4 aromatic rings. The summed E-state index contributed by atoms with van der Waals surface area (Å²) >= 11 is 0. The maximum atomic E-state index is 12.8. The quantitative estimate of drug-likeness (QED) is 0.366. The van der Waals surface area contributed by atoms with E-state index in [0.29, 0.717) is 35.7 Å². The lowest BCUT2D eigenvalue weighted by molar-refractivity contribution is -0.116. The van der Waals surface area contributed by atoms with E-state index in [-0.39, 0.29) is 17.2 Å². The maximum Gasteiger partial charge on any atom is 0.242 e.